The molecule has 0 fully saturated rings. The maximum atomic E-state index is 12.8. The van der Waals surface area contributed by atoms with E-state index in [0.29, 0.717) is 5.75 Å². The molecule has 0 saturated carbocycles. The number of rotatable bonds is 11. The molecule has 0 heterocycles. The van der Waals surface area contributed by atoms with Gasteiger partial charge in [-0.3, -0.25) is 14.3 Å². The van der Waals surface area contributed by atoms with Gasteiger partial charge in [-0.2, -0.15) is 0 Å². The van der Waals surface area contributed by atoms with E-state index < -0.39 is 22.0 Å². The quantitative estimate of drug-likeness (QED) is 0.518. The van der Waals surface area contributed by atoms with Crippen molar-refractivity contribution in [3.63, 3.8) is 0 Å². The highest BCUT2D eigenvalue weighted by atomic mass is 32.2. The van der Waals surface area contributed by atoms with Gasteiger partial charge < -0.3 is 18.9 Å². The third kappa shape index (κ3) is 7.49. The van der Waals surface area contributed by atoms with Gasteiger partial charge in [0.2, 0.25) is 0 Å². The van der Waals surface area contributed by atoms with Gasteiger partial charge in [0, 0.05) is 6.07 Å². The highest BCUT2D eigenvalue weighted by Crippen LogP contribution is 2.31. The molecule has 1 N–H and O–H groups in total. The van der Waals surface area contributed by atoms with E-state index in [2.05, 4.69) is 14.2 Å². The largest absolute Gasteiger partial charge is 0.493 e. The number of sulfonamides is 1. The van der Waals surface area contributed by atoms with Gasteiger partial charge in [-0.1, -0.05) is 17.7 Å². The number of aryl methyl sites for hydroxylation is 1. The van der Waals surface area contributed by atoms with E-state index in [1.807, 2.05) is 6.92 Å². The molecular weight excluding hydrogens is 426 g/mol. The molecule has 168 valence electrons. The Morgan fingerprint density at radius 3 is 2.03 bits per heavy atom. The summed E-state index contributed by atoms with van der Waals surface area (Å²) in [6, 6.07) is 10.9. The first-order valence-electron chi connectivity index (χ1n) is 9.38. The number of esters is 2. The van der Waals surface area contributed by atoms with Gasteiger partial charge in [0.1, 0.15) is 11.5 Å². The third-order valence-corrected chi connectivity index (χ3v) is 5.50. The van der Waals surface area contributed by atoms with Crippen molar-refractivity contribution >= 4 is 27.6 Å². The Labute approximate surface area is 181 Å². The minimum absolute atomic E-state index is 0.00195. The number of hydrogen-bond donors (Lipinski definition) is 1. The molecule has 10 heteroatoms. The second-order valence-corrected chi connectivity index (χ2v) is 8.11. The summed E-state index contributed by atoms with van der Waals surface area (Å²) in [6.45, 7) is 1.90. The maximum absolute atomic E-state index is 12.8. The van der Waals surface area contributed by atoms with Crippen LogP contribution in [0.4, 0.5) is 5.69 Å². The number of ether oxygens (including phenoxy) is 4. The molecule has 31 heavy (non-hydrogen) atoms. The molecule has 9 nitrogen and oxygen atoms in total. The number of anilines is 1. The van der Waals surface area contributed by atoms with Crippen molar-refractivity contribution in [2.75, 3.05) is 32.2 Å². The van der Waals surface area contributed by atoms with Crippen molar-refractivity contribution in [3.05, 3.63) is 48.0 Å². The Morgan fingerprint density at radius 1 is 0.871 bits per heavy atom. The lowest BCUT2D eigenvalue weighted by atomic mass is 10.2. The van der Waals surface area contributed by atoms with Gasteiger partial charge in [-0.05, 0) is 31.2 Å². The molecule has 0 aliphatic heterocycles. The van der Waals surface area contributed by atoms with Gasteiger partial charge in [0.15, 0.2) is 0 Å². The van der Waals surface area contributed by atoms with Crippen LogP contribution in [0.25, 0.3) is 0 Å². The van der Waals surface area contributed by atoms with Crippen LogP contribution in [0.5, 0.6) is 11.5 Å². The molecular formula is C21H25NO8S. The molecule has 0 aromatic heterocycles. The highest BCUT2D eigenvalue weighted by molar-refractivity contribution is 7.92. The van der Waals surface area contributed by atoms with Crippen LogP contribution in [0.3, 0.4) is 0 Å². The molecule has 0 amide bonds. The summed E-state index contributed by atoms with van der Waals surface area (Å²) in [4.78, 5) is 22.6. The van der Waals surface area contributed by atoms with E-state index >= 15 is 0 Å². The Balaban J connectivity index is 2.23. The molecule has 0 bridgehead atoms. The summed E-state index contributed by atoms with van der Waals surface area (Å²) in [7, 11) is -1.36. The first kappa shape index (κ1) is 24.0. The zero-order valence-electron chi connectivity index (χ0n) is 17.5. The van der Waals surface area contributed by atoms with Gasteiger partial charge in [-0.15, -0.1) is 0 Å². The lowest BCUT2D eigenvalue weighted by Gasteiger charge is -2.15. The summed E-state index contributed by atoms with van der Waals surface area (Å²) in [5.41, 5.74) is 1.05. The van der Waals surface area contributed by atoms with E-state index in [-0.39, 0.29) is 42.4 Å². The fourth-order valence-corrected chi connectivity index (χ4v) is 3.49. The molecule has 2 rings (SSSR count). The summed E-state index contributed by atoms with van der Waals surface area (Å²) in [6.07, 6.45) is 0.0380. The van der Waals surface area contributed by atoms with Crippen molar-refractivity contribution in [2.24, 2.45) is 0 Å². The summed E-state index contributed by atoms with van der Waals surface area (Å²) < 4.78 is 48.3. The topological polar surface area (TPSA) is 117 Å². The first-order valence-corrected chi connectivity index (χ1v) is 10.9. The number of benzene rings is 2. The van der Waals surface area contributed by atoms with Crippen LogP contribution in [-0.2, 0) is 29.1 Å². The van der Waals surface area contributed by atoms with Crippen molar-refractivity contribution in [3.8, 4) is 11.5 Å². The molecule has 0 atom stereocenters. The number of carbonyl (C=O) groups is 2. The van der Waals surface area contributed by atoms with Crippen LogP contribution in [-0.4, -0.2) is 47.8 Å². The number of carbonyl (C=O) groups excluding carboxylic acids is 2. The Bertz CT molecular complexity index is 1000. The molecule has 0 aliphatic carbocycles. The van der Waals surface area contributed by atoms with Crippen molar-refractivity contribution in [1.29, 1.82) is 0 Å². The maximum Gasteiger partial charge on any atom is 0.308 e. The second-order valence-electron chi connectivity index (χ2n) is 6.43. The van der Waals surface area contributed by atoms with E-state index in [1.165, 1.54) is 38.5 Å². The average molecular weight is 451 g/mol. The highest BCUT2D eigenvalue weighted by Gasteiger charge is 2.18. The predicted octanol–water partition coefficient (Wildman–Crippen LogP) is 2.68. The minimum Gasteiger partial charge on any atom is -0.493 e. The minimum atomic E-state index is -3.90. The molecule has 0 aliphatic rings. The Hall–Kier alpha value is -3.27. The Morgan fingerprint density at radius 2 is 1.45 bits per heavy atom. The molecule has 0 spiro atoms. The van der Waals surface area contributed by atoms with Gasteiger partial charge in [0.05, 0.1) is 50.9 Å². The lowest BCUT2D eigenvalue weighted by Crippen LogP contribution is -2.15. The summed E-state index contributed by atoms with van der Waals surface area (Å²) in [5.74, 6) is -0.349. The van der Waals surface area contributed by atoms with Crippen LogP contribution < -0.4 is 14.2 Å². The third-order valence-electron chi connectivity index (χ3n) is 4.12. The molecule has 0 unspecified atom stereocenters. The average Bonchev–Trinajstić information content (AvgIpc) is 2.74. The van der Waals surface area contributed by atoms with Crippen LogP contribution in [0.2, 0.25) is 0 Å². The summed E-state index contributed by atoms with van der Waals surface area (Å²) in [5, 5.41) is 0. The normalized spacial score (nSPS) is 10.8. The predicted molar refractivity (Wildman–Crippen MR) is 113 cm³/mol. The fourth-order valence-electron chi connectivity index (χ4n) is 2.43. The Kier molecular flexibility index (Phi) is 8.68. The first-order chi connectivity index (χ1) is 14.7. The number of methoxy groups -OCH3 is 2. The molecule has 2 aromatic carbocycles. The molecule has 0 saturated heterocycles. The smallest absolute Gasteiger partial charge is 0.308 e. The van der Waals surface area contributed by atoms with Crippen LogP contribution in [0.15, 0.2) is 47.4 Å². The number of hydrogen-bond acceptors (Lipinski definition) is 8. The SMILES string of the molecule is COC(=O)CCOc1ccc(OCCC(=O)OC)c(NS(=O)(=O)c2ccc(C)cc2)c1. The van der Waals surface area contributed by atoms with E-state index in [0.717, 1.165) is 5.56 Å². The van der Waals surface area contributed by atoms with Crippen LogP contribution in [0, 0.1) is 6.92 Å². The van der Waals surface area contributed by atoms with Gasteiger partial charge in [-0.25, -0.2) is 8.42 Å². The van der Waals surface area contributed by atoms with Gasteiger partial charge >= 0.3 is 11.9 Å². The lowest BCUT2D eigenvalue weighted by molar-refractivity contribution is -0.142. The van der Waals surface area contributed by atoms with Crippen LogP contribution in [0.1, 0.15) is 18.4 Å². The molecule has 0 radical (unpaired) electrons. The molecule has 2 aromatic rings. The zero-order chi connectivity index (χ0) is 22.9. The monoisotopic (exact) mass is 451 g/mol. The summed E-state index contributed by atoms with van der Waals surface area (Å²) >= 11 is 0. The zero-order valence-corrected chi connectivity index (χ0v) is 18.4. The fraction of sp³-hybridized carbons (Fsp3) is 0.333. The van der Waals surface area contributed by atoms with E-state index in [4.69, 9.17) is 9.47 Å². The van der Waals surface area contributed by atoms with Gasteiger partial charge in [0.25, 0.3) is 10.0 Å². The standard InChI is InChI=1S/C21H25NO8S/c1-15-4-7-17(8-5-15)31(25,26)22-18-14-16(29-12-10-20(23)27-2)6-9-19(18)30-13-11-21(24)28-3/h4-9,14,22H,10-13H2,1-3H3. The van der Waals surface area contributed by atoms with Crippen LogP contribution >= 0.6 is 0 Å². The van der Waals surface area contributed by atoms with E-state index in [1.54, 1.807) is 18.2 Å². The number of nitrogens with one attached hydrogen (secondary N) is 1. The van der Waals surface area contributed by atoms with Crippen molar-refractivity contribution in [2.45, 2.75) is 24.7 Å². The van der Waals surface area contributed by atoms with E-state index in [9.17, 15) is 18.0 Å². The van der Waals surface area contributed by atoms with Crippen molar-refractivity contribution in [1.82, 2.24) is 0 Å². The van der Waals surface area contributed by atoms with Crippen molar-refractivity contribution < 1.29 is 37.0 Å². The second kappa shape index (κ2) is 11.2.